The lowest BCUT2D eigenvalue weighted by atomic mass is 9.97. The van der Waals surface area contributed by atoms with Gasteiger partial charge in [0.1, 0.15) is 5.75 Å². The minimum Gasteiger partial charge on any atom is -0.493 e. The van der Waals surface area contributed by atoms with Crippen molar-refractivity contribution in [2.45, 2.75) is 57.9 Å². The number of halogens is 1. The molecule has 106 valence electrons. The molecule has 1 aliphatic rings. The predicted octanol–water partition coefficient (Wildman–Crippen LogP) is 4.74. The number of hydrogen-bond donors (Lipinski definition) is 1. The molecule has 0 bridgehead atoms. The fourth-order valence-electron chi connectivity index (χ4n) is 2.70. The van der Waals surface area contributed by atoms with E-state index in [-0.39, 0.29) is 6.04 Å². The normalized spacial score (nSPS) is 15.1. The van der Waals surface area contributed by atoms with Crippen LogP contribution in [0.2, 0.25) is 0 Å². The number of rotatable bonds is 7. The van der Waals surface area contributed by atoms with Gasteiger partial charge in [0.05, 0.1) is 6.61 Å². The fraction of sp³-hybridized carbons (Fsp3) is 0.625. The van der Waals surface area contributed by atoms with Crippen LogP contribution in [-0.4, -0.2) is 6.61 Å². The number of nitrogens with two attached hydrogens (primary N) is 1. The Bertz CT molecular complexity index is 419. The van der Waals surface area contributed by atoms with Gasteiger partial charge in [0.25, 0.3) is 0 Å². The Labute approximate surface area is 124 Å². The number of unbranched alkanes of at least 4 members (excludes halogenated alkanes) is 4. The van der Waals surface area contributed by atoms with Crippen LogP contribution in [0.1, 0.15) is 62.6 Å². The van der Waals surface area contributed by atoms with Gasteiger partial charge in [-0.25, -0.2) is 0 Å². The quantitative estimate of drug-likeness (QED) is 0.734. The summed E-state index contributed by atoms with van der Waals surface area (Å²) in [5.41, 5.74) is 8.83. The van der Waals surface area contributed by atoms with Gasteiger partial charge in [-0.3, -0.25) is 0 Å². The molecule has 1 unspecified atom stereocenters. The lowest BCUT2D eigenvalue weighted by molar-refractivity contribution is 0.350. The Balaban J connectivity index is 1.94. The topological polar surface area (TPSA) is 35.2 Å². The minimum atomic E-state index is 0.103. The Morgan fingerprint density at radius 1 is 1.26 bits per heavy atom. The summed E-state index contributed by atoms with van der Waals surface area (Å²) < 4.78 is 6.87. The van der Waals surface area contributed by atoms with Gasteiger partial charge in [0.2, 0.25) is 0 Å². The lowest BCUT2D eigenvalue weighted by Crippen LogP contribution is -2.11. The largest absolute Gasteiger partial charge is 0.493 e. The molecule has 1 aromatic rings. The van der Waals surface area contributed by atoms with Crippen LogP contribution in [-0.2, 0) is 6.42 Å². The maximum Gasteiger partial charge on any atom is 0.127 e. The summed E-state index contributed by atoms with van der Waals surface area (Å²) in [6, 6.07) is 4.38. The molecule has 2 rings (SSSR count). The van der Waals surface area contributed by atoms with Crippen molar-refractivity contribution >= 4 is 15.9 Å². The van der Waals surface area contributed by atoms with Crippen molar-refractivity contribution < 1.29 is 4.74 Å². The second kappa shape index (κ2) is 7.30. The molecule has 0 spiro atoms. The van der Waals surface area contributed by atoms with Crippen LogP contribution in [0.4, 0.5) is 0 Å². The van der Waals surface area contributed by atoms with Gasteiger partial charge in [0.15, 0.2) is 0 Å². The lowest BCUT2D eigenvalue weighted by Gasteiger charge is -2.16. The van der Waals surface area contributed by atoms with Gasteiger partial charge in [0, 0.05) is 22.5 Å². The first kappa shape index (κ1) is 14.9. The molecule has 0 aromatic heterocycles. The zero-order valence-electron chi connectivity index (χ0n) is 11.8. The van der Waals surface area contributed by atoms with E-state index in [2.05, 4.69) is 35.0 Å². The van der Waals surface area contributed by atoms with Crippen molar-refractivity contribution in [1.29, 1.82) is 0 Å². The highest BCUT2D eigenvalue weighted by Gasteiger charge is 2.20. The summed E-state index contributed by atoms with van der Waals surface area (Å²) >= 11 is 3.58. The summed E-state index contributed by atoms with van der Waals surface area (Å²) in [6.45, 7) is 3.04. The molecule has 1 aliphatic heterocycles. The Hall–Kier alpha value is -0.540. The van der Waals surface area contributed by atoms with Crippen LogP contribution in [0, 0.1) is 0 Å². The summed E-state index contributed by atoms with van der Waals surface area (Å²) in [5, 5.41) is 0. The van der Waals surface area contributed by atoms with E-state index in [0.29, 0.717) is 0 Å². The van der Waals surface area contributed by atoms with Gasteiger partial charge in [-0.2, -0.15) is 0 Å². The second-order valence-corrected chi connectivity index (χ2v) is 6.31. The molecule has 3 heteroatoms. The smallest absolute Gasteiger partial charge is 0.127 e. The zero-order chi connectivity index (χ0) is 13.7. The molecule has 1 atom stereocenters. The monoisotopic (exact) mass is 325 g/mol. The van der Waals surface area contributed by atoms with Crippen molar-refractivity contribution in [3.05, 3.63) is 27.7 Å². The molecule has 0 radical (unpaired) electrons. The summed E-state index contributed by atoms with van der Waals surface area (Å²) in [4.78, 5) is 0. The maximum atomic E-state index is 6.35. The number of fused-ring (bicyclic) bond motifs is 1. The van der Waals surface area contributed by atoms with Crippen LogP contribution >= 0.6 is 15.9 Å². The average molecular weight is 326 g/mol. The minimum absolute atomic E-state index is 0.103. The van der Waals surface area contributed by atoms with Gasteiger partial charge < -0.3 is 10.5 Å². The molecule has 0 saturated carbocycles. The predicted molar refractivity (Wildman–Crippen MR) is 83.6 cm³/mol. The van der Waals surface area contributed by atoms with Gasteiger partial charge in [-0.1, -0.05) is 55.0 Å². The van der Waals surface area contributed by atoms with E-state index in [1.54, 1.807) is 0 Å². The summed E-state index contributed by atoms with van der Waals surface area (Å²) in [5.74, 6) is 1.05. The molecule has 0 aliphatic carbocycles. The first-order valence-electron chi connectivity index (χ1n) is 7.43. The van der Waals surface area contributed by atoms with Gasteiger partial charge in [-0.05, 0) is 24.1 Å². The fourth-order valence-corrected chi connectivity index (χ4v) is 3.22. The number of benzene rings is 1. The molecule has 19 heavy (non-hydrogen) atoms. The molecule has 2 N–H and O–H groups in total. The number of ether oxygens (including phenoxy) is 1. The Kier molecular flexibility index (Phi) is 5.71. The van der Waals surface area contributed by atoms with E-state index in [0.717, 1.165) is 29.7 Å². The third-order valence-corrected chi connectivity index (χ3v) is 4.25. The standard InChI is InChI=1S/C16H24BrNO/c1-2-3-4-5-6-7-15(18)14-11-13(17)10-12-8-9-19-16(12)14/h10-11,15H,2-9,18H2,1H3. The van der Waals surface area contributed by atoms with Crippen LogP contribution in [0.3, 0.4) is 0 Å². The van der Waals surface area contributed by atoms with Crippen LogP contribution < -0.4 is 10.5 Å². The highest BCUT2D eigenvalue weighted by Crippen LogP contribution is 2.37. The molecule has 0 amide bonds. The first-order valence-corrected chi connectivity index (χ1v) is 8.22. The first-order chi connectivity index (χ1) is 9.22. The van der Waals surface area contributed by atoms with Crippen molar-refractivity contribution in [2.75, 3.05) is 6.61 Å². The Morgan fingerprint density at radius 2 is 2.05 bits per heavy atom. The van der Waals surface area contributed by atoms with Gasteiger partial charge >= 0.3 is 0 Å². The van der Waals surface area contributed by atoms with E-state index in [1.807, 2.05) is 0 Å². The maximum absolute atomic E-state index is 6.35. The third-order valence-electron chi connectivity index (χ3n) is 3.80. The van der Waals surface area contributed by atoms with Crippen molar-refractivity contribution in [2.24, 2.45) is 5.73 Å². The van der Waals surface area contributed by atoms with Crippen molar-refractivity contribution in [3.8, 4) is 5.75 Å². The van der Waals surface area contributed by atoms with E-state index in [4.69, 9.17) is 10.5 Å². The average Bonchev–Trinajstić information content (AvgIpc) is 2.85. The summed E-state index contributed by atoms with van der Waals surface area (Å²) in [6.07, 6.45) is 8.52. The SMILES string of the molecule is CCCCCCCC(N)c1cc(Br)cc2c1OCC2. The molecule has 2 nitrogen and oxygen atoms in total. The molecule has 1 heterocycles. The van der Waals surface area contributed by atoms with Crippen LogP contribution in [0.25, 0.3) is 0 Å². The molecular weight excluding hydrogens is 302 g/mol. The molecule has 0 fully saturated rings. The number of hydrogen-bond acceptors (Lipinski definition) is 2. The van der Waals surface area contributed by atoms with Crippen molar-refractivity contribution in [3.63, 3.8) is 0 Å². The highest BCUT2D eigenvalue weighted by atomic mass is 79.9. The van der Waals surface area contributed by atoms with Crippen molar-refractivity contribution in [1.82, 2.24) is 0 Å². The Morgan fingerprint density at radius 3 is 2.84 bits per heavy atom. The second-order valence-electron chi connectivity index (χ2n) is 5.39. The molecule has 1 aromatic carbocycles. The highest BCUT2D eigenvalue weighted by molar-refractivity contribution is 9.10. The third kappa shape index (κ3) is 3.96. The van der Waals surface area contributed by atoms with E-state index in [9.17, 15) is 0 Å². The molecule has 0 saturated heterocycles. The zero-order valence-corrected chi connectivity index (χ0v) is 13.3. The van der Waals surface area contributed by atoms with E-state index < -0.39 is 0 Å². The summed E-state index contributed by atoms with van der Waals surface area (Å²) in [7, 11) is 0. The van der Waals surface area contributed by atoms with E-state index >= 15 is 0 Å². The van der Waals surface area contributed by atoms with Crippen LogP contribution in [0.5, 0.6) is 5.75 Å². The van der Waals surface area contributed by atoms with Gasteiger partial charge in [-0.15, -0.1) is 0 Å². The van der Waals surface area contributed by atoms with Crippen LogP contribution in [0.15, 0.2) is 16.6 Å². The van der Waals surface area contributed by atoms with E-state index in [1.165, 1.54) is 43.2 Å². The molecular formula is C16H24BrNO.